The predicted molar refractivity (Wildman–Crippen MR) is 66.8 cm³/mol. The van der Waals surface area contributed by atoms with E-state index in [1.54, 1.807) is 6.07 Å². The first-order valence-corrected chi connectivity index (χ1v) is 5.67. The lowest BCUT2D eigenvalue weighted by molar-refractivity contribution is 0.476. The molecule has 0 amide bonds. The van der Waals surface area contributed by atoms with Crippen LogP contribution in [0.2, 0.25) is 0 Å². The van der Waals surface area contributed by atoms with Gasteiger partial charge in [0.2, 0.25) is 0 Å². The Morgan fingerprint density at radius 2 is 2.19 bits per heavy atom. The topological polar surface area (TPSA) is 37.2 Å². The summed E-state index contributed by atoms with van der Waals surface area (Å²) < 4.78 is 2.16. The van der Waals surface area contributed by atoms with Crippen molar-refractivity contribution < 1.29 is 5.11 Å². The molecule has 2 N–H and O–H groups in total. The van der Waals surface area contributed by atoms with Gasteiger partial charge in [0, 0.05) is 23.7 Å². The minimum atomic E-state index is 0.284. The van der Waals surface area contributed by atoms with Crippen molar-refractivity contribution in [1.82, 2.24) is 9.88 Å². The van der Waals surface area contributed by atoms with Gasteiger partial charge < -0.3 is 15.0 Å². The first-order valence-electron chi connectivity index (χ1n) is 5.67. The minimum Gasteiger partial charge on any atom is -0.506 e. The van der Waals surface area contributed by atoms with E-state index in [4.69, 9.17) is 0 Å². The van der Waals surface area contributed by atoms with Gasteiger partial charge in [0.05, 0.1) is 5.52 Å². The van der Waals surface area contributed by atoms with Gasteiger partial charge in [-0.25, -0.2) is 0 Å². The molecular weight excluding hydrogens is 200 g/mol. The molecule has 0 aliphatic heterocycles. The minimum absolute atomic E-state index is 0.284. The second kappa shape index (κ2) is 4.18. The number of rotatable bonds is 3. The van der Waals surface area contributed by atoms with Crippen LogP contribution in [0.3, 0.4) is 0 Å². The van der Waals surface area contributed by atoms with Crippen LogP contribution in [-0.2, 0) is 6.54 Å². The highest BCUT2D eigenvalue weighted by Crippen LogP contribution is 2.30. The number of aryl methyl sites for hydroxylation is 1. The third-order valence-corrected chi connectivity index (χ3v) is 3.12. The molecule has 3 nitrogen and oxygen atoms in total. The molecule has 1 aromatic heterocycles. The van der Waals surface area contributed by atoms with Gasteiger partial charge in [0.1, 0.15) is 5.75 Å². The first kappa shape index (κ1) is 11.0. The summed E-state index contributed by atoms with van der Waals surface area (Å²) in [6.45, 7) is 5.08. The zero-order chi connectivity index (χ0) is 11.7. The standard InChI is InChI=1S/C13H18N2O/c1-4-15-11(9(2)14-3)8-10-6-5-7-12(16)13(10)15/h5-9,14,16H,4H2,1-3H3. The van der Waals surface area contributed by atoms with Crippen LogP contribution in [0.5, 0.6) is 5.75 Å². The van der Waals surface area contributed by atoms with E-state index in [2.05, 4.69) is 29.8 Å². The maximum Gasteiger partial charge on any atom is 0.139 e. The summed E-state index contributed by atoms with van der Waals surface area (Å²) >= 11 is 0. The highest BCUT2D eigenvalue weighted by atomic mass is 16.3. The van der Waals surface area contributed by atoms with Crippen molar-refractivity contribution in [3.63, 3.8) is 0 Å². The van der Waals surface area contributed by atoms with Gasteiger partial charge in [-0.05, 0) is 33.0 Å². The number of phenolic OH excluding ortho intramolecular Hbond substituents is 1. The van der Waals surface area contributed by atoms with E-state index in [-0.39, 0.29) is 6.04 Å². The molecular formula is C13H18N2O. The van der Waals surface area contributed by atoms with Crippen molar-refractivity contribution in [2.75, 3.05) is 7.05 Å². The Balaban J connectivity index is 2.72. The Labute approximate surface area is 95.7 Å². The third-order valence-electron chi connectivity index (χ3n) is 3.12. The average Bonchev–Trinajstić information content (AvgIpc) is 2.68. The molecule has 0 fully saturated rings. The predicted octanol–water partition coefficient (Wildman–Crippen LogP) is 2.65. The maximum absolute atomic E-state index is 9.91. The Hall–Kier alpha value is -1.48. The number of aromatic nitrogens is 1. The molecule has 0 saturated carbocycles. The summed E-state index contributed by atoms with van der Waals surface area (Å²) in [5.74, 6) is 0.355. The van der Waals surface area contributed by atoms with Crippen molar-refractivity contribution in [1.29, 1.82) is 0 Å². The molecule has 0 spiro atoms. The highest BCUT2D eigenvalue weighted by molar-refractivity contribution is 5.86. The van der Waals surface area contributed by atoms with Gasteiger partial charge in [-0.1, -0.05) is 12.1 Å². The molecule has 2 rings (SSSR count). The van der Waals surface area contributed by atoms with Crippen LogP contribution in [-0.4, -0.2) is 16.7 Å². The van der Waals surface area contributed by atoms with E-state index in [1.807, 2.05) is 19.2 Å². The fraction of sp³-hybridized carbons (Fsp3) is 0.385. The molecule has 1 aromatic carbocycles. The average molecular weight is 218 g/mol. The monoisotopic (exact) mass is 218 g/mol. The van der Waals surface area contributed by atoms with E-state index in [1.165, 1.54) is 5.69 Å². The van der Waals surface area contributed by atoms with E-state index in [0.29, 0.717) is 5.75 Å². The molecule has 86 valence electrons. The van der Waals surface area contributed by atoms with Crippen LogP contribution in [0.1, 0.15) is 25.6 Å². The lowest BCUT2D eigenvalue weighted by Gasteiger charge is -2.14. The molecule has 0 saturated heterocycles. The van der Waals surface area contributed by atoms with Gasteiger partial charge >= 0.3 is 0 Å². The Kier molecular flexibility index (Phi) is 2.88. The Morgan fingerprint density at radius 3 is 2.81 bits per heavy atom. The normalized spacial score (nSPS) is 13.2. The number of aromatic hydroxyl groups is 1. The quantitative estimate of drug-likeness (QED) is 0.831. The fourth-order valence-electron chi connectivity index (χ4n) is 2.17. The number of benzene rings is 1. The van der Waals surface area contributed by atoms with Crippen LogP contribution in [0.25, 0.3) is 10.9 Å². The van der Waals surface area contributed by atoms with Gasteiger partial charge in [-0.2, -0.15) is 0 Å². The highest BCUT2D eigenvalue weighted by Gasteiger charge is 2.14. The van der Waals surface area contributed by atoms with Crippen molar-refractivity contribution in [3.05, 3.63) is 30.0 Å². The van der Waals surface area contributed by atoms with Gasteiger partial charge in [-0.15, -0.1) is 0 Å². The van der Waals surface area contributed by atoms with Crippen molar-refractivity contribution in [2.45, 2.75) is 26.4 Å². The summed E-state index contributed by atoms with van der Waals surface area (Å²) in [6.07, 6.45) is 0. The fourth-order valence-corrected chi connectivity index (χ4v) is 2.17. The van der Waals surface area contributed by atoms with Crippen molar-refractivity contribution in [2.24, 2.45) is 0 Å². The molecule has 16 heavy (non-hydrogen) atoms. The van der Waals surface area contributed by atoms with Gasteiger partial charge in [0.25, 0.3) is 0 Å². The number of nitrogens with zero attached hydrogens (tertiary/aromatic N) is 1. The zero-order valence-corrected chi connectivity index (χ0v) is 9.99. The largest absolute Gasteiger partial charge is 0.506 e. The second-order valence-electron chi connectivity index (χ2n) is 4.04. The van der Waals surface area contributed by atoms with Crippen LogP contribution in [0.15, 0.2) is 24.3 Å². The first-order chi connectivity index (χ1) is 7.69. The van der Waals surface area contributed by atoms with Gasteiger partial charge in [0.15, 0.2) is 0 Å². The summed E-state index contributed by atoms with van der Waals surface area (Å²) in [6, 6.07) is 8.08. The molecule has 0 bridgehead atoms. The lowest BCUT2D eigenvalue weighted by atomic mass is 10.2. The van der Waals surface area contributed by atoms with Crippen LogP contribution < -0.4 is 5.32 Å². The number of hydrogen-bond donors (Lipinski definition) is 2. The smallest absolute Gasteiger partial charge is 0.139 e. The number of nitrogens with one attached hydrogen (secondary N) is 1. The molecule has 1 atom stereocenters. The summed E-state index contributed by atoms with van der Waals surface area (Å²) in [4.78, 5) is 0. The van der Waals surface area contributed by atoms with Crippen molar-refractivity contribution >= 4 is 10.9 Å². The van der Waals surface area contributed by atoms with Crippen LogP contribution in [0, 0.1) is 0 Å². The Bertz CT molecular complexity index is 502. The maximum atomic E-state index is 9.91. The molecule has 0 aliphatic rings. The molecule has 0 aliphatic carbocycles. The third kappa shape index (κ3) is 1.57. The van der Waals surface area contributed by atoms with Crippen LogP contribution >= 0.6 is 0 Å². The molecule has 1 unspecified atom stereocenters. The summed E-state index contributed by atoms with van der Waals surface area (Å²) in [5, 5.41) is 14.2. The van der Waals surface area contributed by atoms with E-state index < -0.39 is 0 Å². The van der Waals surface area contributed by atoms with E-state index in [0.717, 1.165) is 17.4 Å². The lowest BCUT2D eigenvalue weighted by Crippen LogP contribution is -2.16. The Morgan fingerprint density at radius 1 is 1.44 bits per heavy atom. The number of para-hydroxylation sites is 1. The zero-order valence-electron chi connectivity index (χ0n) is 9.99. The van der Waals surface area contributed by atoms with E-state index >= 15 is 0 Å². The SMILES string of the molecule is CCn1c(C(C)NC)cc2cccc(O)c21. The molecule has 2 aromatic rings. The molecule has 3 heteroatoms. The van der Waals surface area contributed by atoms with Gasteiger partial charge in [-0.3, -0.25) is 0 Å². The number of fused-ring (bicyclic) bond motifs is 1. The second-order valence-corrected chi connectivity index (χ2v) is 4.04. The molecule has 0 radical (unpaired) electrons. The number of phenols is 1. The van der Waals surface area contributed by atoms with Crippen molar-refractivity contribution in [3.8, 4) is 5.75 Å². The summed E-state index contributed by atoms with van der Waals surface area (Å²) in [7, 11) is 1.95. The molecule has 1 heterocycles. The van der Waals surface area contributed by atoms with E-state index in [9.17, 15) is 5.11 Å². The number of hydrogen-bond acceptors (Lipinski definition) is 2. The van der Waals surface area contributed by atoms with Crippen LogP contribution in [0.4, 0.5) is 0 Å². The summed E-state index contributed by atoms with van der Waals surface area (Å²) in [5.41, 5.74) is 2.14.